The largest absolute Gasteiger partial charge is 0.360 e. The van der Waals surface area contributed by atoms with Crippen LogP contribution in [0.3, 0.4) is 0 Å². The number of rotatable bonds is 4. The summed E-state index contributed by atoms with van der Waals surface area (Å²) in [6.45, 7) is 2.03. The molecule has 0 aliphatic heterocycles. The van der Waals surface area contributed by atoms with Crippen LogP contribution in [0.1, 0.15) is 10.6 Å². The quantitative estimate of drug-likeness (QED) is 0.562. The van der Waals surface area contributed by atoms with Crippen LogP contribution < -0.4 is 5.32 Å². The van der Waals surface area contributed by atoms with Gasteiger partial charge in [0.25, 0.3) is 0 Å². The number of anilines is 1. The summed E-state index contributed by atoms with van der Waals surface area (Å²) < 4.78 is 1.03. The van der Waals surface area contributed by atoms with Crippen LogP contribution in [0, 0.1) is 18.3 Å². The minimum Gasteiger partial charge on any atom is -0.360 e. The molecular formula is C19H14BrN3S. The smallest absolute Gasteiger partial charge is 0.136 e. The summed E-state index contributed by atoms with van der Waals surface area (Å²) in [6.07, 6.45) is 1.71. The number of nitriles is 1. The van der Waals surface area contributed by atoms with Gasteiger partial charge in [0.05, 0.1) is 5.69 Å². The molecule has 3 rings (SSSR count). The van der Waals surface area contributed by atoms with Gasteiger partial charge >= 0.3 is 0 Å². The topological polar surface area (TPSA) is 48.7 Å². The number of aromatic nitrogens is 1. The number of aryl methyl sites for hydroxylation is 1. The number of benzene rings is 2. The van der Waals surface area contributed by atoms with E-state index in [-0.39, 0.29) is 0 Å². The Hall–Kier alpha value is -2.42. The molecular weight excluding hydrogens is 382 g/mol. The molecule has 0 amide bonds. The average Bonchev–Trinajstić information content (AvgIpc) is 3.06. The maximum absolute atomic E-state index is 9.43. The van der Waals surface area contributed by atoms with Crippen molar-refractivity contribution in [3.8, 4) is 17.3 Å². The first-order chi connectivity index (χ1) is 11.7. The van der Waals surface area contributed by atoms with Gasteiger partial charge in [-0.15, -0.1) is 11.3 Å². The summed E-state index contributed by atoms with van der Waals surface area (Å²) in [5.74, 6) is 0. The van der Waals surface area contributed by atoms with Crippen LogP contribution in [0.25, 0.3) is 16.8 Å². The van der Waals surface area contributed by atoms with Crippen molar-refractivity contribution < 1.29 is 0 Å². The van der Waals surface area contributed by atoms with Crippen molar-refractivity contribution in [3.63, 3.8) is 0 Å². The summed E-state index contributed by atoms with van der Waals surface area (Å²) in [4.78, 5) is 4.58. The van der Waals surface area contributed by atoms with E-state index in [1.807, 2.05) is 60.8 Å². The van der Waals surface area contributed by atoms with Crippen molar-refractivity contribution in [1.29, 1.82) is 5.26 Å². The van der Waals surface area contributed by atoms with E-state index in [1.54, 1.807) is 6.20 Å². The Morgan fingerprint density at radius 3 is 2.75 bits per heavy atom. The summed E-state index contributed by atoms with van der Waals surface area (Å²) in [5, 5.41) is 15.3. The van der Waals surface area contributed by atoms with E-state index in [4.69, 9.17) is 0 Å². The van der Waals surface area contributed by atoms with Gasteiger partial charge in [0.2, 0.25) is 0 Å². The summed E-state index contributed by atoms with van der Waals surface area (Å²) in [7, 11) is 0. The number of allylic oxidation sites excluding steroid dienone is 1. The molecule has 24 heavy (non-hydrogen) atoms. The van der Waals surface area contributed by atoms with Crippen molar-refractivity contribution in [2.75, 3.05) is 5.32 Å². The molecule has 1 aromatic heterocycles. The van der Waals surface area contributed by atoms with Crippen LogP contribution in [0.15, 0.2) is 64.6 Å². The highest BCUT2D eigenvalue weighted by Crippen LogP contribution is 2.27. The van der Waals surface area contributed by atoms with E-state index >= 15 is 0 Å². The maximum atomic E-state index is 9.43. The van der Waals surface area contributed by atoms with Crippen LogP contribution in [0.4, 0.5) is 5.69 Å². The second-order valence-electron chi connectivity index (χ2n) is 5.23. The molecule has 0 unspecified atom stereocenters. The molecule has 0 bridgehead atoms. The molecule has 0 aliphatic carbocycles. The molecule has 3 nitrogen and oxygen atoms in total. The van der Waals surface area contributed by atoms with Gasteiger partial charge < -0.3 is 5.32 Å². The lowest BCUT2D eigenvalue weighted by molar-refractivity contribution is 1.36. The molecule has 3 aromatic rings. The van der Waals surface area contributed by atoms with E-state index in [2.05, 4.69) is 32.3 Å². The van der Waals surface area contributed by atoms with Gasteiger partial charge in [-0.05, 0) is 36.8 Å². The lowest BCUT2D eigenvalue weighted by Gasteiger charge is -2.02. The lowest BCUT2D eigenvalue weighted by atomic mass is 10.2. The number of nitrogens with one attached hydrogen (secondary N) is 1. The highest BCUT2D eigenvalue weighted by Gasteiger charge is 2.09. The number of nitrogens with zero attached hydrogens (tertiary/aromatic N) is 2. The first-order valence-electron chi connectivity index (χ1n) is 7.31. The zero-order valence-electron chi connectivity index (χ0n) is 13.0. The van der Waals surface area contributed by atoms with E-state index in [1.165, 1.54) is 16.9 Å². The molecule has 0 atom stereocenters. The molecule has 0 spiro atoms. The molecule has 0 aliphatic rings. The van der Waals surface area contributed by atoms with Crippen LogP contribution in [-0.2, 0) is 0 Å². The second kappa shape index (κ2) is 7.43. The van der Waals surface area contributed by atoms with E-state index < -0.39 is 0 Å². The van der Waals surface area contributed by atoms with Gasteiger partial charge in [-0.3, -0.25) is 0 Å². The molecule has 2 aromatic carbocycles. The Balaban J connectivity index is 1.82. The third kappa shape index (κ3) is 3.91. The Morgan fingerprint density at radius 2 is 2.04 bits per heavy atom. The summed E-state index contributed by atoms with van der Waals surface area (Å²) >= 11 is 4.89. The third-order valence-corrected chi connectivity index (χ3v) is 4.80. The standard InChI is InChI=1S/C19H14BrN3S/c1-13-3-2-4-17(9-13)22-11-15(10-21)19-23-18(12-24-19)14-5-7-16(20)8-6-14/h2-9,11-12,22H,1H3. The molecule has 1 heterocycles. The van der Waals surface area contributed by atoms with Gasteiger partial charge in [-0.1, -0.05) is 40.2 Å². The maximum Gasteiger partial charge on any atom is 0.136 e. The van der Waals surface area contributed by atoms with E-state index in [0.29, 0.717) is 10.6 Å². The van der Waals surface area contributed by atoms with Gasteiger partial charge in [0, 0.05) is 27.3 Å². The number of hydrogen-bond acceptors (Lipinski definition) is 4. The fourth-order valence-corrected chi connectivity index (χ4v) is 3.24. The first kappa shape index (κ1) is 16.4. The summed E-state index contributed by atoms with van der Waals surface area (Å²) in [6, 6.07) is 18.2. The Bertz CT molecular complexity index is 920. The van der Waals surface area contributed by atoms with Crippen LogP contribution in [0.2, 0.25) is 0 Å². The van der Waals surface area contributed by atoms with Crippen LogP contribution in [-0.4, -0.2) is 4.98 Å². The molecule has 118 valence electrons. The second-order valence-corrected chi connectivity index (χ2v) is 7.00. The van der Waals surface area contributed by atoms with Crippen molar-refractivity contribution in [2.45, 2.75) is 6.92 Å². The predicted molar refractivity (Wildman–Crippen MR) is 104 cm³/mol. The van der Waals surface area contributed by atoms with Crippen molar-refractivity contribution in [3.05, 3.63) is 75.2 Å². The minimum absolute atomic E-state index is 0.518. The van der Waals surface area contributed by atoms with Crippen LogP contribution in [0.5, 0.6) is 0 Å². The number of halogens is 1. The Kier molecular flexibility index (Phi) is 5.09. The molecule has 5 heteroatoms. The molecule has 0 saturated heterocycles. The van der Waals surface area contributed by atoms with Crippen molar-refractivity contribution in [2.24, 2.45) is 0 Å². The normalized spacial score (nSPS) is 11.1. The average molecular weight is 396 g/mol. The van der Waals surface area contributed by atoms with Gasteiger partial charge in [0.1, 0.15) is 16.6 Å². The highest BCUT2D eigenvalue weighted by atomic mass is 79.9. The Labute approximate surface area is 153 Å². The van der Waals surface area contributed by atoms with Gasteiger partial charge in [0.15, 0.2) is 0 Å². The highest BCUT2D eigenvalue weighted by molar-refractivity contribution is 9.10. The summed E-state index contributed by atoms with van der Waals surface area (Å²) in [5.41, 5.74) is 4.54. The Morgan fingerprint density at radius 1 is 1.25 bits per heavy atom. The SMILES string of the molecule is Cc1cccc(NC=C(C#N)c2nc(-c3ccc(Br)cc3)cs2)c1. The van der Waals surface area contributed by atoms with Gasteiger partial charge in [-0.2, -0.15) is 5.26 Å². The lowest BCUT2D eigenvalue weighted by Crippen LogP contribution is -1.91. The monoisotopic (exact) mass is 395 g/mol. The molecule has 0 saturated carbocycles. The fourth-order valence-electron chi connectivity index (χ4n) is 2.18. The van der Waals surface area contributed by atoms with E-state index in [0.717, 1.165) is 21.4 Å². The number of hydrogen-bond donors (Lipinski definition) is 1. The molecule has 0 fully saturated rings. The number of thiazole rings is 1. The third-order valence-electron chi connectivity index (χ3n) is 3.40. The van der Waals surface area contributed by atoms with Crippen molar-refractivity contribution >= 4 is 38.5 Å². The first-order valence-corrected chi connectivity index (χ1v) is 8.98. The minimum atomic E-state index is 0.518. The molecule has 0 radical (unpaired) electrons. The predicted octanol–water partition coefficient (Wildman–Crippen LogP) is 5.86. The van der Waals surface area contributed by atoms with E-state index in [9.17, 15) is 5.26 Å². The van der Waals surface area contributed by atoms with Gasteiger partial charge in [-0.25, -0.2) is 4.98 Å². The van der Waals surface area contributed by atoms with Crippen molar-refractivity contribution in [1.82, 2.24) is 4.98 Å². The van der Waals surface area contributed by atoms with Crippen LogP contribution >= 0.6 is 27.3 Å². The fraction of sp³-hybridized carbons (Fsp3) is 0.0526. The zero-order chi connectivity index (χ0) is 16.9. The molecule has 1 N–H and O–H groups in total. The zero-order valence-corrected chi connectivity index (χ0v) is 15.4.